The van der Waals surface area contributed by atoms with Crippen molar-refractivity contribution in [1.29, 1.82) is 0 Å². The second-order valence-electron chi connectivity index (χ2n) is 3.03. The molecule has 0 fully saturated rings. The summed E-state index contributed by atoms with van der Waals surface area (Å²) in [5, 5.41) is 8.49. The normalized spacial score (nSPS) is 10.1. The average molecular weight is 237 g/mol. The maximum absolute atomic E-state index is 5.82. The zero-order valence-corrected chi connectivity index (χ0v) is 9.55. The standard InChI is InChI=1S/C11H9ClN2S/c1-2-4-14-10(7-12)6-11(13-14)9-3-5-15-8-9/h1,3,5-6,8H,4,7H2. The highest BCUT2D eigenvalue weighted by molar-refractivity contribution is 7.08. The Bertz CT molecular complexity index is 479. The third kappa shape index (κ3) is 2.06. The number of hydrogen-bond acceptors (Lipinski definition) is 2. The fraction of sp³-hybridized carbons (Fsp3) is 0.182. The lowest BCUT2D eigenvalue weighted by Crippen LogP contribution is -2.01. The molecule has 76 valence electrons. The third-order valence-electron chi connectivity index (χ3n) is 2.06. The third-order valence-corrected chi connectivity index (χ3v) is 3.02. The molecule has 4 heteroatoms. The van der Waals surface area contributed by atoms with E-state index in [0.29, 0.717) is 12.4 Å². The van der Waals surface area contributed by atoms with E-state index in [4.69, 9.17) is 18.0 Å². The molecule has 15 heavy (non-hydrogen) atoms. The van der Waals surface area contributed by atoms with Crippen molar-refractivity contribution in [1.82, 2.24) is 9.78 Å². The number of nitrogens with zero attached hydrogens (tertiary/aromatic N) is 2. The Morgan fingerprint density at radius 3 is 3.07 bits per heavy atom. The van der Waals surface area contributed by atoms with Crippen molar-refractivity contribution in [3.63, 3.8) is 0 Å². The van der Waals surface area contributed by atoms with E-state index < -0.39 is 0 Å². The lowest BCUT2D eigenvalue weighted by Gasteiger charge is -1.97. The van der Waals surface area contributed by atoms with E-state index in [1.54, 1.807) is 16.0 Å². The summed E-state index contributed by atoms with van der Waals surface area (Å²) in [4.78, 5) is 0. The highest BCUT2D eigenvalue weighted by Crippen LogP contribution is 2.22. The molecular formula is C11H9ClN2S. The summed E-state index contributed by atoms with van der Waals surface area (Å²) in [7, 11) is 0. The van der Waals surface area contributed by atoms with Crippen molar-refractivity contribution in [3.8, 4) is 23.6 Å². The average Bonchev–Trinajstić information content (AvgIpc) is 2.84. The molecule has 0 atom stereocenters. The van der Waals surface area contributed by atoms with Gasteiger partial charge in [0.1, 0.15) is 6.54 Å². The van der Waals surface area contributed by atoms with Gasteiger partial charge in [-0.15, -0.1) is 18.0 Å². The Hall–Kier alpha value is -1.24. The van der Waals surface area contributed by atoms with Gasteiger partial charge in [0.2, 0.25) is 0 Å². The van der Waals surface area contributed by atoms with E-state index in [2.05, 4.69) is 16.4 Å². The fourth-order valence-electron chi connectivity index (χ4n) is 1.34. The molecule has 2 rings (SSSR count). The Balaban J connectivity index is 2.39. The Morgan fingerprint density at radius 1 is 1.60 bits per heavy atom. The van der Waals surface area contributed by atoms with E-state index in [0.717, 1.165) is 17.0 Å². The minimum absolute atomic E-state index is 0.429. The maximum Gasteiger partial charge on any atom is 0.102 e. The summed E-state index contributed by atoms with van der Waals surface area (Å²) in [5.74, 6) is 2.99. The predicted octanol–water partition coefficient (Wildman–Crippen LogP) is 2.98. The smallest absolute Gasteiger partial charge is 0.102 e. The van der Waals surface area contributed by atoms with Crippen molar-refractivity contribution < 1.29 is 0 Å². The second-order valence-corrected chi connectivity index (χ2v) is 4.08. The molecule has 0 aromatic carbocycles. The molecule has 0 aliphatic carbocycles. The van der Waals surface area contributed by atoms with E-state index in [1.807, 2.05) is 17.5 Å². The van der Waals surface area contributed by atoms with Gasteiger partial charge in [-0.3, -0.25) is 4.68 Å². The molecule has 2 heterocycles. The van der Waals surface area contributed by atoms with E-state index in [-0.39, 0.29) is 0 Å². The van der Waals surface area contributed by atoms with Crippen LogP contribution in [0.1, 0.15) is 5.69 Å². The van der Waals surface area contributed by atoms with Crippen molar-refractivity contribution in [2.24, 2.45) is 0 Å². The molecular weight excluding hydrogens is 228 g/mol. The molecule has 2 aromatic heterocycles. The second kappa shape index (κ2) is 4.52. The van der Waals surface area contributed by atoms with Crippen molar-refractivity contribution >= 4 is 22.9 Å². The molecule has 0 unspecified atom stereocenters. The van der Waals surface area contributed by atoms with Gasteiger partial charge in [-0.25, -0.2) is 0 Å². The fourth-order valence-corrected chi connectivity index (χ4v) is 2.20. The zero-order valence-electron chi connectivity index (χ0n) is 7.98. The monoisotopic (exact) mass is 236 g/mol. The lowest BCUT2D eigenvalue weighted by atomic mass is 10.2. The summed E-state index contributed by atoms with van der Waals surface area (Å²) in [6.45, 7) is 0.464. The van der Waals surface area contributed by atoms with Crippen molar-refractivity contribution in [2.75, 3.05) is 0 Å². The maximum atomic E-state index is 5.82. The largest absolute Gasteiger partial charge is 0.256 e. The molecule has 0 radical (unpaired) electrons. The molecule has 0 saturated heterocycles. The summed E-state index contributed by atoms with van der Waals surface area (Å²) in [5.41, 5.74) is 3.00. The molecule has 0 bridgehead atoms. The molecule has 2 nitrogen and oxygen atoms in total. The van der Waals surface area contributed by atoms with Crippen LogP contribution in [0.15, 0.2) is 22.9 Å². The van der Waals surface area contributed by atoms with E-state index in [1.165, 1.54) is 0 Å². The van der Waals surface area contributed by atoms with Gasteiger partial charge in [0.05, 0.1) is 17.3 Å². The Labute approximate surface area is 97.5 Å². The number of aromatic nitrogens is 2. The van der Waals surface area contributed by atoms with Gasteiger partial charge in [-0.2, -0.15) is 16.4 Å². The van der Waals surface area contributed by atoms with Gasteiger partial charge in [-0.05, 0) is 17.5 Å². The van der Waals surface area contributed by atoms with Crippen LogP contribution in [0.3, 0.4) is 0 Å². The van der Waals surface area contributed by atoms with Crippen LogP contribution in [0.2, 0.25) is 0 Å². The summed E-state index contributed by atoms with van der Waals surface area (Å²) < 4.78 is 1.76. The molecule has 2 aromatic rings. The van der Waals surface area contributed by atoms with Crippen LogP contribution < -0.4 is 0 Å². The van der Waals surface area contributed by atoms with Gasteiger partial charge in [0.25, 0.3) is 0 Å². The van der Waals surface area contributed by atoms with E-state index >= 15 is 0 Å². The topological polar surface area (TPSA) is 17.8 Å². The van der Waals surface area contributed by atoms with Crippen molar-refractivity contribution in [3.05, 3.63) is 28.6 Å². The minimum atomic E-state index is 0.429. The van der Waals surface area contributed by atoms with Gasteiger partial charge in [0.15, 0.2) is 0 Å². The van der Waals surface area contributed by atoms with Crippen LogP contribution in [0.25, 0.3) is 11.3 Å². The van der Waals surface area contributed by atoms with Crippen LogP contribution in [0, 0.1) is 12.3 Å². The summed E-state index contributed by atoms with van der Waals surface area (Å²) in [6.07, 6.45) is 5.26. The highest BCUT2D eigenvalue weighted by Gasteiger charge is 2.07. The van der Waals surface area contributed by atoms with Gasteiger partial charge >= 0.3 is 0 Å². The molecule has 0 amide bonds. The molecule has 0 aliphatic rings. The summed E-state index contributed by atoms with van der Waals surface area (Å²) in [6, 6.07) is 4.01. The highest BCUT2D eigenvalue weighted by atomic mass is 35.5. The number of thiophene rings is 1. The van der Waals surface area contributed by atoms with Crippen LogP contribution >= 0.6 is 22.9 Å². The van der Waals surface area contributed by atoms with Crippen molar-refractivity contribution in [2.45, 2.75) is 12.4 Å². The molecule has 0 spiro atoms. The first-order valence-electron chi connectivity index (χ1n) is 4.44. The van der Waals surface area contributed by atoms with E-state index in [9.17, 15) is 0 Å². The first-order chi connectivity index (χ1) is 7.35. The number of hydrogen-bond donors (Lipinski definition) is 0. The summed E-state index contributed by atoms with van der Waals surface area (Å²) >= 11 is 7.46. The number of alkyl halides is 1. The van der Waals surface area contributed by atoms with Crippen LogP contribution in [-0.4, -0.2) is 9.78 Å². The number of halogens is 1. The Morgan fingerprint density at radius 2 is 2.47 bits per heavy atom. The number of terminal acetylenes is 1. The minimum Gasteiger partial charge on any atom is -0.256 e. The van der Waals surface area contributed by atoms with Gasteiger partial charge in [0, 0.05) is 10.9 Å². The molecule has 0 N–H and O–H groups in total. The van der Waals surface area contributed by atoms with Crippen LogP contribution in [0.4, 0.5) is 0 Å². The number of rotatable bonds is 3. The SMILES string of the molecule is C#CCn1nc(-c2ccsc2)cc1CCl. The Kier molecular flexibility index (Phi) is 3.10. The van der Waals surface area contributed by atoms with Crippen LogP contribution in [0.5, 0.6) is 0 Å². The zero-order chi connectivity index (χ0) is 10.7. The predicted molar refractivity (Wildman–Crippen MR) is 63.9 cm³/mol. The van der Waals surface area contributed by atoms with Gasteiger partial charge < -0.3 is 0 Å². The van der Waals surface area contributed by atoms with Crippen LogP contribution in [-0.2, 0) is 12.4 Å². The molecule has 0 aliphatic heterocycles. The lowest BCUT2D eigenvalue weighted by molar-refractivity contribution is 0.690. The first kappa shape index (κ1) is 10.3. The van der Waals surface area contributed by atoms with Gasteiger partial charge in [-0.1, -0.05) is 5.92 Å². The molecule has 0 saturated carbocycles. The quantitative estimate of drug-likeness (QED) is 0.592. The first-order valence-corrected chi connectivity index (χ1v) is 5.91.